The van der Waals surface area contributed by atoms with Crippen LogP contribution in [0.3, 0.4) is 0 Å². The quantitative estimate of drug-likeness (QED) is 0.790. The molecule has 1 amide bonds. The molecule has 6 heteroatoms. The minimum Gasteiger partial charge on any atom is -0.296 e. The van der Waals surface area contributed by atoms with E-state index in [2.05, 4.69) is 15.3 Å². The third kappa shape index (κ3) is 2.31. The summed E-state index contributed by atoms with van der Waals surface area (Å²) in [7, 11) is 0. The molecule has 1 N–H and O–H groups in total. The number of rotatable bonds is 2. The van der Waals surface area contributed by atoms with Crippen LogP contribution in [0.5, 0.6) is 0 Å². The van der Waals surface area contributed by atoms with E-state index < -0.39 is 0 Å². The number of nitrogens with one attached hydrogen (secondary N) is 1. The Hall–Kier alpha value is -2.21. The van der Waals surface area contributed by atoms with E-state index in [0.29, 0.717) is 16.5 Å². The molecule has 21 heavy (non-hydrogen) atoms. The first-order chi connectivity index (χ1) is 9.97. The van der Waals surface area contributed by atoms with Crippen LogP contribution < -0.4 is 5.32 Å². The van der Waals surface area contributed by atoms with Crippen LogP contribution in [-0.4, -0.2) is 20.3 Å². The Balaban J connectivity index is 2.02. The van der Waals surface area contributed by atoms with Crippen LogP contribution in [0.15, 0.2) is 18.3 Å². The average molecular weight is 300 g/mol. The molecule has 0 atom stereocenters. The van der Waals surface area contributed by atoms with Gasteiger partial charge in [0, 0.05) is 11.1 Å². The summed E-state index contributed by atoms with van der Waals surface area (Å²) in [5.41, 5.74) is 4.07. The lowest BCUT2D eigenvalue weighted by Gasteiger charge is -2.03. The first-order valence-corrected chi connectivity index (χ1v) is 7.48. The summed E-state index contributed by atoms with van der Waals surface area (Å²) < 4.78 is 1.83. The number of fused-ring (bicyclic) bond motifs is 1. The summed E-state index contributed by atoms with van der Waals surface area (Å²) in [6, 6.07) is 3.90. The van der Waals surface area contributed by atoms with E-state index in [9.17, 15) is 4.79 Å². The molecule has 3 aromatic heterocycles. The lowest BCUT2D eigenvalue weighted by Crippen LogP contribution is -2.15. The summed E-state index contributed by atoms with van der Waals surface area (Å²) in [4.78, 5) is 22.5. The van der Waals surface area contributed by atoms with E-state index in [1.807, 2.05) is 50.4 Å². The average Bonchev–Trinajstić information content (AvgIpc) is 2.90. The number of imidazole rings is 1. The number of nitrogens with zero attached hydrogens (tertiary/aromatic N) is 3. The van der Waals surface area contributed by atoms with E-state index >= 15 is 0 Å². The van der Waals surface area contributed by atoms with E-state index in [0.717, 1.165) is 21.8 Å². The first kappa shape index (κ1) is 13.8. The van der Waals surface area contributed by atoms with Gasteiger partial charge in [0.2, 0.25) is 0 Å². The van der Waals surface area contributed by atoms with Gasteiger partial charge in [0.15, 0.2) is 5.13 Å². The van der Waals surface area contributed by atoms with Crippen LogP contribution in [0, 0.1) is 27.7 Å². The summed E-state index contributed by atoms with van der Waals surface area (Å²) in [6.45, 7) is 7.76. The van der Waals surface area contributed by atoms with Crippen LogP contribution >= 0.6 is 11.3 Å². The van der Waals surface area contributed by atoms with Crippen LogP contribution in [-0.2, 0) is 0 Å². The van der Waals surface area contributed by atoms with Crippen molar-refractivity contribution in [2.24, 2.45) is 0 Å². The standard InChI is InChI=1S/C15H16N4OS/c1-8-6-5-7-19-12(10(3)16-13(8)19)14(20)18-15-17-9(2)11(4)21-15/h5-7H,1-4H3,(H,17,18,20). The van der Waals surface area contributed by atoms with Gasteiger partial charge in [-0.2, -0.15) is 0 Å². The Labute approximate surface area is 126 Å². The van der Waals surface area contributed by atoms with Crippen molar-refractivity contribution < 1.29 is 4.79 Å². The zero-order chi connectivity index (χ0) is 15.1. The summed E-state index contributed by atoms with van der Waals surface area (Å²) >= 11 is 1.48. The summed E-state index contributed by atoms with van der Waals surface area (Å²) in [5.74, 6) is -0.181. The zero-order valence-corrected chi connectivity index (χ0v) is 13.2. The molecule has 3 heterocycles. The van der Waals surface area contributed by atoms with E-state index in [1.54, 1.807) is 0 Å². The highest BCUT2D eigenvalue weighted by molar-refractivity contribution is 7.15. The van der Waals surface area contributed by atoms with Crippen LogP contribution in [0.2, 0.25) is 0 Å². The maximum Gasteiger partial charge on any atom is 0.276 e. The second-order valence-electron chi connectivity index (χ2n) is 5.05. The molecule has 0 aliphatic heterocycles. The Kier molecular flexibility index (Phi) is 3.25. The monoisotopic (exact) mass is 300 g/mol. The maximum absolute atomic E-state index is 12.5. The highest BCUT2D eigenvalue weighted by Gasteiger charge is 2.18. The summed E-state index contributed by atoms with van der Waals surface area (Å²) in [6.07, 6.45) is 1.86. The van der Waals surface area contributed by atoms with E-state index in [-0.39, 0.29) is 5.91 Å². The molecular formula is C15H16N4OS. The fourth-order valence-corrected chi connectivity index (χ4v) is 3.08. The molecule has 0 unspecified atom stereocenters. The molecule has 0 fully saturated rings. The molecular weight excluding hydrogens is 284 g/mol. The molecule has 0 aliphatic carbocycles. The molecule has 3 aromatic rings. The predicted octanol–water partition coefficient (Wildman–Crippen LogP) is 3.28. The van der Waals surface area contributed by atoms with Crippen molar-refractivity contribution >= 4 is 28.0 Å². The normalized spacial score (nSPS) is 11.0. The Morgan fingerprint density at radius 2 is 1.95 bits per heavy atom. The molecule has 108 valence electrons. The smallest absolute Gasteiger partial charge is 0.276 e. The Bertz CT molecular complexity index is 827. The molecule has 0 radical (unpaired) electrons. The minimum absolute atomic E-state index is 0.181. The molecule has 0 aliphatic rings. The maximum atomic E-state index is 12.5. The van der Waals surface area contributed by atoms with Gasteiger partial charge in [-0.25, -0.2) is 9.97 Å². The second kappa shape index (κ2) is 4.96. The lowest BCUT2D eigenvalue weighted by atomic mass is 10.3. The molecule has 0 spiro atoms. The molecule has 3 rings (SSSR count). The van der Waals surface area contributed by atoms with E-state index in [1.165, 1.54) is 11.3 Å². The van der Waals surface area contributed by atoms with Gasteiger partial charge >= 0.3 is 0 Å². The van der Waals surface area contributed by atoms with Crippen molar-refractivity contribution in [3.8, 4) is 0 Å². The van der Waals surface area contributed by atoms with Gasteiger partial charge in [-0.1, -0.05) is 6.07 Å². The third-order valence-electron chi connectivity index (χ3n) is 3.48. The van der Waals surface area contributed by atoms with Crippen molar-refractivity contribution in [3.05, 3.63) is 45.9 Å². The number of amides is 1. The van der Waals surface area contributed by atoms with Crippen molar-refractivity contribution in [2.75, 3.05) is 5.32 Å². The molecule has 0 bridgehead atoms. The van der Waals surface area contributed by atoms with Crippen LogP contribution in [0.1, 0.15) is 32.3 Å². The Morgan fingerprint density at radius 3 is 2.62 bits per heavy atom. The number of pyridine rings is 1. The number of thiazole rings is 1. The SMILES string of the molecule is Cc1nc(NC(=O)c2c(C)nc3c(C)cccn23)sc1C. The van der Waals surface area contributed by atoms with Gasteiger partial charge in [-0.05, 0) is 39.3 Å². The zero-order valence-electron chi connectivity index (χ0n) is 12.4. The van der Waals surface area contributed by atoms with Gasteiger partial charge in [-0.3, -0.25) is 14.5 Å². The van der Waals surface area contributed by atoms with Gasteiger partial charge in [0.25, 0.3) is 5.91 Å². The molecule has 0 aromatic carbocycles. The van der Waals surface area contributed by atoms with Gasteiger partial charge < -0.3 is 0 Å². The third-order valence-corrected chi connectivity index (χ3v) is 4.47. The largest absolute Gasteiger partial charge is 0.296 e. The number of anilines is 1. The van der Waals surface area contributed by atoms with Crippen molar-refractivity contribution in [1.29, 1.82) is 0 Å². The van der Waals surface area contributed by atoms with Crippen LogP contribution in [0.4, 0.5) is 5.13 Å². The molecule has 0 saturated carbocycles. The predicted molar refractivity (Wildman–Crippen MR) is 84.2 cm³/mol. The highest BCUT2D eigenvalue weighted by atomic mass is 32.1. The number of carbonyl (C=O) groups is 1. The van der Waals surface area contributed by atoms with Crippen molar-refractivity contribution in [1.82, 2.24) is 14.4 Å². The van der Waals surface area contributed by atoms with Crippen LogP contribution in [0.25, 0.3) is 5.65 Å². The number of carbonyl (C=O) groups excluding carboxylic acids is 1. The lowest BCUT2D eigenvalue weighted by molar-refractivity contribution is 0.102. The number of hydrogen-bond acceptors (Lipinski definition) is 4. The number of aryl methyl sites for hydroxylation is 4. The van der Waals surface area contributed by atoms with Crippen molar-refractivity contribution in [3.63, 3.8) is 0 Å². The number of hydrogen-bond donors (Lipinski definition) is 1. The summed E-state index contributed by atoms with van der Waals surface area (Å²) in [5, 5.41) is 3.49. The topological polar surface area (TPSA) is 59.3 Å². The fourth-order valence-electron chi connectivity index (χ4n) is 2.27. The van der Waals surface area contributed by atoms with Gasteiger partial charge in [0.1, 0.15) is 11.3 Å². The Morgan fingerprint density at radius 1 is 1.19 bits per heavy atom. The molecule has 0 saturated heterocycles. The highest BCUT2D eigenvalue weighted by Crippen LogP contribution is 2.23. The van der Waals surface area contributed by atoms with Gasteiger partial charge in [0.05, 0.1) is 11.4 Å². The van der Waals surface area contributed by atoms with Crippen molar-refractivity contribution in [2.45, 2.75) is 27.7 Å². The number of aromatic nitrogens is 3. The second-order valence-corrected chi connectivity index (χ2v) is 6.25. The molecule has 5 nitrogen and oxygen atoms in total. The van der Waals surface area contributed by atoms with Gasteiger partial charge in [-0.15, -0.1) is 11.3 Å². The minimum atomic E-state index is -0.181. The van der Waals surface area contributed by atoms with E-state index in [4.69, 9.17) is 0 Å². The fraction of sp³-hybridized carbons (Fsp3) is 0.267. The first-order valence-electron chi connectivity index (χ1n) is 6.67.